The number of hydrogen-bond donors (Lipinski definition) is 0. The normalized spacial score (nSPS) is 29.7. The van der Waals surface area contributed by atoms with Gasteiger partial charge in [0.2, 0.25) is 0 Å². The Bertz CT molecular complexity index is 605. The fourth-order valence-corrected chi connectivity index (χ4v) is 3.01. The third-order valence-corrected chi connectivity index (χ3v) is 3.81. The van der Waals surface area contributed by atoms with Crippen LogP contribution in [0.1, 0.15) is 18.4 Å². The first-order valence-electron chi connectivity index (χ1n) is 5.84. The zero-order chi connectivity index (χ0) is 12.8. The molecule has 5 heteroatoms. The molecular weight excluding hydrogens is 252 g/mol. The zero-order valence-corrected chi connectivity index (χ0v) is 10.8. The lowest BCUT2D eigenvalue weighted by molar-refractivity contribution is 0.0296. The van der Waals surface area contributed by atoms with Crippen LogP contribution in [0.2, 0.25) is 0 Å². The van der Waals surface area contributed by atoms with E-state index in [1.54, 1.807) is 18.2 Å². The largest absolute Gasteiger partial charge is 0.383 e. The maximum Gasteiger partial charge on any atom is 0.306 e. The predicted octanol–water partition coefficient (Wildman–Crippen LogP) is 1.97. The molecule has 0 N–H and O–H groups in total. The average Bonchev–Trinajstić information content (AvgIpc) is 2.88. The molecule has 0 saturated carbocycles. The van der Waals surface area contributed by atoms with Crippen molar-refractivity contribution in [1.82, 2.24) is 0 Å². The molecule has 0 spiro atoms. The van der Waals surface area contributed by atoms with Crippen molar-refractivity contribution in [1.29, 1.82) is 0 Å². The van der Waals surface area contributed by atoms with Gasteiger partial charge in [-0.1, -0.05) is 18.2 Å². The lowest BCUT2D eigenvalue weighted by Gasteiger charge is -2.23. The van der Waals surface area contributed by atoms with E-state index in [2.05, 4.69) is 12.2 Å². The molecule has 2 aliphatic rings. The SMILES string of the molecule is CS(=O)(=O)Oc1cccc(C23C=CC(CC2)O3)c1. The zero-order valence-electron chi connectivity index (χ0n) is 10.00. The van der Waals surface area contributed by atoms with Crippen LogP contribution >= 0.6 is 0 Å². The minimum Gasteiger partial charge on any atom is -0.383 e. The van der Waals surface area contributed by atoms with Crippen molar-refractivity contribution < 1.29 is 17.3 Å². The molecule has 1 fully saturated rings. The van der Waals surface area contributed by atoms with Gasteiger partial charge < -0.3 is 8.92 Å². The summed E-state index contributed by atoms with van der Waals surface area (Å²) in [7, 11) is -3.49. The Morgan fingerprint density at radius 1 is 1.44 bits per heavy atom. The van der Waals surface area contributed by atoms with E-state index in [0.717, 1.165) is 24.7 Å². The summed E-state index contributed by atoms with van der Waals surface area (Å²) in [6, 6.07) is 7.09. The fourth-order valence-electron chi connectivity index (χ4n) is 2.56. The Morgan fingerprint density at radius 3 is 2.83 bits per heavy atom. The molecule has 1 aromatic carbocycles. The molecule has 0 aliphatic carbocycles. The summed E-state index contributed by atoms with van der Waals surface area (Å²) in [5.41, 5.74) is 0.557. The molecule has 2 unspecified atom stereocenters. The second-order valence-corrected chi connectivity index (χ2v) is 6.33. The first-order valence-corrected chi connectivity index (χ1v) is 7.66. The van der Waals surface area contributed by atoms with E-state index in [4.69, 9.17) is 8.92 Å². The monoisotopic (exact) mass is 266 g/mol. The molecule has 2 heterocycles. The Morgan fingerprint density at radius 2 is 2.28 bits per heavy atom. The molecule has 18 heavy (non-hydrogen) atoms. The molecule has 96 valence electrons. The van der Waals surface area contributed by atoms with E-state index in [1.165, 1.54) is 0 Å². The molecule has 4 nitrogen and oxygen atoms in total. The van der Waals surface area contributed by atoms with Gasteiger partial charge >= 0.3 is 10.1 Å². The highest BCUT2D eigenvalue weighted by molar-refractivity contribution is 7.86. The minimum atomic E-state index is -3.49. The van der Waals surface area contributed by atoms with Crippen LogP contribution in [-0.2, 0) is 20.5 Å². The molecule has 2 bridgehead atoms. The number of benzene rings is 1. The molecule has 0 aromatic heterocycles. The van der Waals surface area contributed by atoms with Gasteiger partial charge in [0.05, 0.1) is 12.4 Å². The van der Waals surface area contributed by atoms with Gasteiger partial charge in [-0.25, -0.2) is 0 Å². The number of fused-ring (bicyclic) bond motifs is 2. The fraction of sp³-hybridized carbons (Fsp3) is 0.385. The molecule has 3 rings (SSSR count). The molecule has 1 aromatic rings. The van der Waals surface area contributed by atoms with Crippen molar-refractivity contribution in [3.8, 4) is 5.75 Å². The first-order chi connectivity index (χ1) is 8.47. The van der Waals surface area contributed by atoms with Gasteiger partial charge in [0.15, 0.2) is 0 Å². The van der Waals surface area contributed by atoms with Crippen molar-refractivity contribution in [2.24, 2.45) is 0 Å². The molecular formula is C13H14O4S. The van der Waals surface area contributed by atoms with Crippen LogP contribution < -0.4 is 4.18 Å². The maximum atomic E-state index is 11.1. The summed E-state index contributed by atoms with van der Waals surface area (Å²) in [4.78, 5) is 0. The molecule has 1 saturated heterocycles. The van der Waals surface area contributed by atoms with E-state index in [1.807, 2.05) is 6.07 Å². The Balaban J connectivity index is 1.94. The third-order valence-electron chi connectivity index (χ3n) is 3.31. The van der Waals surface area contributed by atoms with Gasteiger partial charge in [-0.3, -0.25) is 0 Å². The van der Waals surface area contributed by atoms with Crippen molar-refractivity contribution in [3.63, 3.8) is 0 Å². The smallest absolute Gasteiger partial charge is 0.306 e. The summed E-state index contributed by atoms with van der Waals surface area (Å²) < 4.78 is 33.1. The summed E-state index contributed by atoms with van der Waals surface area (Å²) in [5, 5.41) is 0. The number of ether oxygens (including phenoxy) is 1. The van der Waals surface area contributed by atoms with Crippen LogP contribution in [0, 0.1) is 0 Å². The third kappa shape index (κ3) is 2.04. The van der Waals surface area contributed by atoms with Gasteiger partial charge in [0.25, 0.3) is 0 Å². The van der Waals surface area contributed by atoms with Crippen LogP contribution in [0.15, 0.2) is 36.4 Å². The summed E-state index contributed by atoms with van der Waals surface area (Å²) in [6.07, 6.45) is 7.29. The lowest BCUT2D eigenvalue weighted by atomic mass is 9.88. The van der Waals surface area contributed by atoms with Crippen LogP contribution in [0.25, 0.3) is 0 Å². The second kappa shape index (κ2) is 3.83. The van der Waals surface area contributed by atoms with Gasteiger partial charge in [-0.2, -0.15) is 8.42 Å². The van der Waals surface area contributed by atoms with E-state index >= 15 is 0 Å². The van der Waals surface area contributed by atoms with Crippen LogP contribution in [0.3, 0.4) is 0 Å². The summed E-state index contributed by atoms with van der Waals surface area (Å²) >= 11 is 0. The van der Waals surface area contributed by atoms with Crippen molar-refractivity contribution >= 4 is 10.1 Å². The highest BCUT2D eigenvalue weighted by atomic mass is 32.2. The first kappa shape index (κ1) is 11.7. The molecule has 2 atom stereocenters. The summed E-state index contributed by atoms with van der Waals surface area (Å²) in [6.45, 7) is 0. The number of rotatable bonds is 3. The van der Waals surface area contributed by atoms with E-state index in [9.17, 15) is 8.42 Å². The quantitative estimate of drug-likeness (QED) is 0.620. The minimum absolute atomic E-state index is 0.199. The highest BCUT2D eigenvalue weighted by Gasteiger charge is 2.43. The van der Waals surface area contributed by atoms with Crippen molar-refractivity contribution in [2.45, 2.75) is 24.5 Å². The van der Waals surface area contributed by atoms with Crippen LogP contribution in [0.5, 0.6) is 5.75 Å². The Kier molecular flexibility index (Phi) is 2.50. The molecule has 2 aliphatic heterocycles. The van der Waals surface area contributed by atoms with E-state index < -0.39 is 10.1 Å². The second-order valence-electron chi connectivity index (χ2n) is 4.76. The van der Waals surface area contributed by atoms with Gasteiger partial charge in [-0.15, -0.1) is 0 Å². The molecule has 0 radical (unpaired) electrons. The Labute approximate surface area is 106 Å². The van der Waals surface area contributed by atoms with Crippen LogP contribution in [-0.4, -0.2) is 20.8 Å². The predicted molar refractivity (Wildman–Crippen MR) is 66.8 cm³/mol. The lowest BCUT2D eigenvalue weighted by Crippen LogP contribution is -2.20. The standard InChI is InChI=1S/C13H14O4S/c1-18(14,15)17-12-4-2-3-10(9-12)13-7-5-11(16-13)6-8-13/h2-5,7,9,11H,6,8H2,1H3. The number of hydrogen-bond acceptors (Lipinski definition) is 4. The van der Waals surface area contributed by atoms with Crippen molar-refractivity contribution in [2.75, 3.05) is 6.26 Å². The van der Waals surface area contributed by atoms with Gasteiger partial charge in [0.1, 0.15) is 11.4 Å². The summed E-state index contributed by atoms with van der Waals surface area (Å²) in [5.74, 6) is 0.330. The van der Waals surface area contributed by atoms with Crippen molar-refractivity contribution in [3.05, 3.63) is 42.0 Å². The van der Waals surface area contributed by atoms with Gasteiger partial charge in [-0.05, 0) is 36.6 Å². The van der Waals surface area contributed by atoms with Gasteiger partial charge in [0, 0.05) is 0 Å². The highest BCUT2D eigenvalue weighted by Crippen LogP contribution is 2.46. The Hall–Kier alpha value is -1.33. The van der Waals surface area contributed by atoms with E-state index in [0.29, 0.717) is 5.75 Å². The topological polar surface area (TPSA) is 52.6 Å². The van der Waals surface area contributed by atoms with Crippen LogP contribution in [0.4, 0.5) is 0 Å². The average molecular weight is 266 g/mol. The van der Waals surface area contributed by atoms with E-state index in [-0.39, 0.29) is 11.7 Å². The molecule has 0 amide bonds. The maximum absolute atomic E-state index is 11.1.